The number of carbonyl (C=O) groups excluding carboxylic acids is 1. The molecule has 0 spiro atoms. The van der Waals surface area contributed by atoms with Gasteiger partial charge in [0.15, 0.2) is 0 Å². The molecule has 3 nitrogen and oxygen atoms in total. The molecule has 18 heavy (non-hydrogen) atoms. The first-order valence-corrected chi connectivity index (χ1v) is 7.05. The van der Waals surface area contributed by atoms with Crippen LogP contribution in [0.1, 0.15) is 38.8 Å². The summed E-state index contributed by atoms with van der Waals surface area (Å²) in [6.07, 6.45) is 0.917. The van der Waals surface area contributed by atoms with E-state index in [0.29, 0.717) is 6.61 Å². The van der Waals surface area contributed by atoms with Crippen LogP contribution in [0.15, 0.2) is 28.7 Å². The van der Waals surface area contributed by atoms with Crippen LogP contribution in [0, 0.1) is 0 Å². The number of halogens is 1. The molecule has 2 atom stereocenters. The van der Waals surface area contributed by atoms with E-state index in [1.807, 2.05) is 26.0 Å². The third kappa shape index (κ3) is 4.42. The molecule has 2 unspecified atom stereocenters. The van der Waals surface area contributed by atoms with Crippen molar-refractivity contribution in [3.63, 3.8) is 0 Å². The Morgan fingerprint density at radius 2 is 2.17 bits per heavy atom. The van der Waals surface area contributed by atoms with E-state index in [-0.39, 0.29) is 18.1 Å². The van der Waals surface area contributed by atoms with Gasteiger partial charge in [0.25, 0.3) is 0 Å². The second-order valence-corrected chi connectivity index (χ2v) is 5.07. The number of carbonyl (C=O) groups is 1. The van der Waals surface area contributed by atoms with Crippen LogP contribution in [-0.2, 0) is 9.53 Å². The second kappa shape index (κ2) is 7.54. The highest BCUT2D eigenvalue weighted by Gasteiger charge is 2.18. The van der Waals surface area contributed by atoms with Crippen LogP contribution in [0.3, 0.4) is 0 Å². The van der Waals surface area contributed by atoms with Gasteiger partial charge >= 0.3 is 5.97 Å². The van der Waals surface area contributed by atoms with Gasteiger partial charge in [-0.3, -0.25) is 10.1 Å². The summed E-state index contributed by atoms with van der Waals surface area (Å²) < 4.78 is 6.04. The number of benzene rings is 1. The molecule has 0 saturated heterocycles. The minimum atomic E-state index is -0.297. The SMILES string of the molecule is CCOC(=O)C(C)NC(CC)c1cccc(Br)c1. The molecule has 1 aromatic carbocycles. The molecule has 0 aliphatic heterocycles. The van der Waals surface area contributed by atoms with Gasteiger partial charge < -0.3 is 4.74 Å². The molecular weight excluding hydrogens is 294 g/mol. The molecule has 0 aliphatic carbocycles. The predicted octanol–water partition coefficient (Wildman–Crippen LogP) is 3.44. The van der Waals surface area contributed by atoms with E-state index in [1.54, 1.807) is 0 Å². The minimum absolute atomic E-state index is 0.155. The van der Waals surface area contributed by atoms with Crippen LogP contribution in [0.25, 0.3) is 0 Å². The van der Waals surface area contributed by atoms with E-state index in [9.17, 15) is 4.79 Å². The van der Waals surface area contributed by atoms with Crippen LogP contribution >= 0.6 is 15.9 Å². The molecule has 0 heterocycles. The molecular formula is C14H20BrNO2. The van der Waals surface area contributed by atoms with Gasteiger partial charge in [-0.05, 0) is 38.0 Å². The largest absolute Gasteiger partial charge is 0.465 e. The summed E-state index contributed by atoms with van der Waals surface area (Å²) in [4.78, 5) is 11.6. The zero-order chi connectivity index (χ0) is 13.5. The molecule has 0 aromatic heterocycles. The van der Waals surface area contributed by atoms with Crippen molar-refractivity contribution in [2.45, 2.75) is 39.3 Å². The van der Waals surface area contributed by atoms with Crippen LogP contribution in [0.2, 0.25) is 0 Å². The van der Waals surface area contributed by atoms with Gasteiger partial charge in [0.2, 0.25) is 0 Å². The number of rotatable bonds is 6. The van der Waals surface area contributed by atoms with Crippen LogP contribution in [-0.4, -0.2) is 18.6 Å². The van der Waals surface area contributed by atoms with Crippen molar-refractivity contribution >= 4 is 21.9 Å². The third-order valence-corrected chi connectivity index (χ3v) is 3.24. The van der Waals surface area contributed by atoms with Crippen molar-refractivity contribution < 1.29 is 9.53 Å². The van der Waals surface area contributed by atoms with Crippen LogP contribution in [0.5, 0.6) is 0 Å². The highest BCUT2D eigenvalue weighted by Crippen LogP contribution is 2.21. The first-order valence-electron chi connectivity index (χ1n) is 6.26. The first kappa shape index (κ1) is 15.2. The van der Waals surface area contributed by atoms with E-state index in [2.05, 4.69) is 40.3 Å². The molecule has 0 aliphatic rings. The minimum Gasteiger partial charge on any atom is -0.465 e. The molecule has 0 saturated carbocycles. The molecule has 0 bridgehead atoms. The maximum Gasteiger partial charge on any atom is 0.322 e. The normalized spacial score (nSPS) is 14.0. The molecule has 1 aromatic rings. The summed E-state index contributed by atoms with van der Waals surface area (Å²) in [6.45, 7) is 6.16. The molecule has 1 rings (SSSR count). The zero-order valence-electron chi connectivity index (χ0n) is 11.1. The number of hydrogen-bond acceptors (Lipinski definition) is 3. The lowest BCUT2D eigenvalue weighted by Gasteiger charge is -2.21. The van der Waals surface area contributed by atoms with Crippen molar-refractivity contribution in [3.05, 3.63) is 34.3 Å². The number of nitrogens with one attached hydrogen (secondary N) is 1. The Kier molecular flexibility index (Phi) is 6.36. The quantitative estimate of drug-likeness (QED) is 0.818. The van der Waals surface area contributed by atoms with Crippen LogP contribution in [0.4, 0.5) is 0 Å². The Hall–Kier alpha value is -0.870. The van der Waals surface area contributed by atoms with Crippen molar-refractivity contribution in [1.82, 2.24) is 5.32 Å². The number of ether oxygens (including phenoxy) is 1. The van der Waals surface area contributed by atoms with Gasteiger partial charge in [-0.2, -0.15) is 0 Å². The van der Waals surface area contributed by atoms with Crippen molar-refractivity contribution in [2.75, 3.05) is 6.61 Å². The molecule has 100 valence electrons. The Balaban J connectivity index is 2.70. The topological polar surface area (TPSA) is 38.3 Å². The Morgan fingerprint density at radius 3 is 2.72 bits per heavy atom. The van der Waals surface area contributed by atoms with Gasteiger partial charge in [-0.25, -0.2) is 0 Å². The third-order valence-electron chi connectivity index (χ3n) is 2.75. The predicted molar refractivity (Wildman–Crippen MR) is 76.4 cm³/mol. The fraction of sp³-hybridized carbons (Fsp3) is 0.500. The Labute approximate surface area is 117 Å². The fourth-order valence-corrected chi connectivity index (χ4v) is 2.23. The number of hydrogen-bond donors (Lipinski definition) is 1. The van der Waals surface area contributed by atoms with Gasteiger partial charge in [0.1, 0.15) is 6.04 Å². The summed E-state index contributed by atoms with van der Waals surface area (Å²) in [6, 6.07) is 7.97. The fourth-order valence-electron chi connectivity index (χ4n) is 1.81. The van der Waals surface area contributed by atoms with Crippen LogP contribution < -0.4 is 5.32 Å². The van der Waals surface area contributed by atoms with Gasteiger partial charge in [0.05, 0.1) is 6.61 Å². The van der Waals surface area contributed by atoms with E-state index < -0.39 is 0 Å². The lowest BCUT2D eigenvalue weighted by Crippen LogP contribution is -2.37. The average Bonchev–Trinajstić information content (AvgIpc) is 2.35. The van der Waals surface area contributed by atoms with E-state index in [1.165, 1.54) is 5.56 Å². The van der Waals surface area contributed by atoms with E-state index in [0.717, 1.165) is 10.9 Å². The van der Waals surface area contributed by atoms with Gasteiger partial charge in [-0.1, -0.05) is 35.0 Å². The summed E-state index contributed by atoms with van der Waals surface area (Å²) >= 11 is 3.46. The second-order valence-electron chi connectivity index (χ2n) is 4.16. The summed E-state index contributed by atoms with van der Waals surface area (Å²) in [5.41, 5.74) is 1.17. The zero-order valence-corrected chi connectivity index (χ0v) is 12.7. The average molecular weight is 314 g/mol. The van der Waals surface area contributed by atoms with Gasteiger partial charge in [0, 0.05) is 10.5 Å². The Bertz CT molecular complexity index is 395. The number of esters is 1. The standard InChI is InChI=1S/C14H20BrNO2/c1-4-13(11-7-6-8-12(15)9-11)16-10(3)14(17)18-5-2/h6-10,13,16H,4-5H2,1-3H3. The highest BCUT2D eigenvalue weighted by atomic mass is 79.9. The van der Waals surface area contributed by atoms with Crippen molar-refractivity contribution in [1.29, 1.82) is 0 Å². The highest BCUT2D eigenvalue weighted by molar-refractivity contribution is 9.10. The molecule has 0 fully saturated rings. The maximum atomic E-state index is 11.6. The van der Waals surface area contributed by atoms with Crippen molar-refractivity contribution in [3.8, 4) is 0 Å². The lowest BCUT2D eigenvalue weighted by atomic mass is 10.0. The molecule has 0 amide bonds. The van der Waals surface area contributed by atoms with E-state index in [4.69, 9.17) is 4.74 Å². The molecule has 0 radical (unpaired) electrons. The lowest BCUT2D eigenvalue weighted by molar-refractivity contribution is -0.145. The Morgan fingerprint density at radius 1 is 1.44 bits per heavy atom. The maximum absolute atomic E-state index is 11.6. The van der Waals surface area contributed by atoms with E-state index >= 15 is 0 Å². The molecule has 4 heteroatoms. The summed E-state index contributed by atoms with van der Waals surface area (Å²) in [5, 5.41) is 3.30. The summed E-state index contributed by atoms with van der Waals surface area (Å²) in [5.74, 6) is -0.203. The molecule has 1 N–H and O–H groups in total. The monoisotopic (exact) mass is 313 g/mol. The van der Waals surface area contributed by atoms with Crippen molar-refractivity contribution in [2.24, 2.45) is 0 Å². The van der Waals surface area contributed by atoms with Gasteiger partial charge in [-0.15, -0.1) is 0 Å². The first-order chi connectivity index (χ1) is 8.58. The smallest absolute Gasteiger partial charge is 0.322 e. The summed E-state index contributed by atoms with van der Waals surface area (Å²) in [7, 11) is 0.